The van der Waals surface area contributed by atoms with Crippen molar-refractivity contribution in [3.05, 3.63) is 62.5 Å². The third kappa shape index (κ3) is 3.93. The van der Waals surface area contributed by atoms with E-state index in [0.717, 1.165) is 6.42 Å². The molecule has 0 aliphatic heterocycles. The van der Waals surface area contributed by atoms with Crippen LogP contribution in [0.1, 0.15) is 26.6 Å². The Morgan fingerprint density at radius 1 is 1.32 bits per heavy atom. The SMILES string of the molecule is CSCc1nc2sc(C(=O)NCCc3ccccc3)c(C)c2c(=O)[nH]1. The molecule has 3 rings (SSSR count). The molecule has 130 valence electrons. The Morgan fingerprint density at radius 2 is 2.08 bits per heavy atom. The van der Waals surface area contributed by atoms with Gasteiger partial charge in [0.15, 0.2) is 0 Å². The number of aryl methyl sites for hydroxylation is 1. The average molecular weight is 374 g/mol. The molecule has 0 saturated carbocycles. The summed E-state index contributed by atoms with van der Waals surface area (Å²) in [6, 6.07) is 10.0. The summed E-state index contributed by atoms with van der Waals surface area (Å²) in [7, 11) is 0. The molecule has 1 amide bonds. The number of hydrogen-bond donors (Lipinski definition) is 2. The summed E-state index contributed by atoms with van der Waals surface area (Å²) in [5, 5.41) is 3.45. The fourth-order valence-corrected chi connectivity index (χ4v) is 4.18. The largest absolute Gasteiger partial charge is 0.351 e. The molecule has 0 fully saturated rings. The Hall–Kier alpha value is -2.12. The lowest BCUT2D eigenvalue weighted by Crippen LogP contribution is -2.25. The van der Waals surface area contributed by atoms with Gasteiger partial charge in [0.1, 0.15) is 10.7 Å². The number of carbonyl (C=O) groups is 1. The molecule has 0 aliphatic carbocycles. The molecular weight excluding hydrogens is 354 g/mol. The first-order chi connectivity index (χ1) is 12.1. The minimum Gasteiger partial charge on any atom is -0.351 e. The van der Waals surface area contributed by atoms with Gasteiger partial charge in [-0.15, -0.1) is 11.3 Å². The van der Waals surface area contributed by atoms with Crippen molar-refractivity contribution >= 4 is 39.2 Å². The number of nitrogens with one attached hydrogen (secondary N) is 2. The second-order valence-corrected chi connectivity index (χ2v) is 7.54. The molecule has 2 heterocycles. The van der Waals surface area contributed by atoms with Crippen LogP contribution in [0.25, 0.3) is 10.2 Å². The van der Waals surface area contributed by atoms with Crippen LogP contribution in [0.3, 0.4) is 0 Å². The van der Waals surface area contributed by atoms with Crippen LogP contribution in [0.15, 0.2) is 35.1 Å². The van der Waals surface area contributed by atoms with Gasteiger partial charge >= 0.3 is 0 Å². The van der Waals surface area contributed by atoms with Crippen LogP contribution in [0.4, 0.5) is 0 Å². The number of carbonyl (C=O) groups excluding carboxylic acids is 1. The van der Waals surface area contributed by atoms with Crippen molar-refractivity contribution in [3.63, 3.8) is 0 Å². The Labute approximate surface area is 153 Å². The van der Waals surface area contributed by atoms with E-state index in [1.807, 2.05) is 36.6 Å². The van der Waals surface area contributed by atoms with Crippen molar-refractivity contribution in [3.8, 4) is 0 Å². The van der Waals surface area contributed by atoms with Crippen molar-refractivity contribution in [1.82, 2.24) is 15.3 Å². The Balaban J connectivity index is 1.78. The van der Waals surface area contributed by atoms with Gasteiger partial charge in [0.05, 0.1) is 16.0 Å². The van der Waals surface area contributed by atoms with Crippen molar-refractivity contribution in [2.75, 3.05) is 12.8 Å². The van der Waals surface area contributed by atoms with Gasteiger partial charge in [-0.25, -0.2) is 4.98 Å². The minimum atomic E-state index is -0.175. The van der Waals surface area contributed by atoms with Gasteiger partial charge in [0.25, 0.3) is 11.5 Å². The van der Waals surface area contributed by atoms with Crippen molar-refractivity contribution in [2.24, 2.45) is 0 Å². The summed E-state index contributed by atoms with van der Waals surface area (Å²) in [6.45, 7) is 2.36. The monoisotopic (exact) mass is 373 g/mol. The molecular formula is C18H19N3O2S2. The van der Waals surface area contributed by atoms with E-state index in [1.54, 1.807) is 18.7 Å². The van der Waals surface area contributed by atoms with Gasteiger partial charge in [-0.1, -0.05) is 30.3 Å². The summed E-state index contributed by atoms with van der Waals surface area (Å²) in [4.78, 5) is 33.3. The van der Waals surface area contributed by atoms with E-state index in [-0.39, 0.29) is 11.5 Å². The number of hydrogen-bond acceptors (Lipinski definition) is 5. The maximum atomic E-state index is 12.5. The third-order valence-corrected chi connectivity index (χ3v) is 5.63. The summed E-state index contributed by atoms with van der Waals surface area (Å²) in [6.07, 6.45) is 2.72. The highest BCUT2D eigenvalue weighted by Crippen LogP contribution is 2.27. The zero-order chi connectivity index (χ0) is 17.8. The van der Waals surface area contributed by atoms with Crippen molar-refractivity contribution in [2.45, 2.75) is 19.1 Å². The van der Waals surface area contributed by atoms with Crippen LogP contribution in [0.5, 0.6) is 0 Å². The van der Waals surface area contributed by atoms with E-state index in [4.69, 9.17) is 0 Å². The predicted octanol–water partition coefficient (Wildman–Crippen LogP) is 3.13. The molecule has 7 heteroatoms. The standard InChI is InChI=1S/C18H19N3O2S2/c1-11-14-16(22)20-13(10-24-2)21-18(14)25-15(11)17(23)19-9-8-12-6-4-3-5-7-12/h3-7H,8-10H2,1-2H3,(H,19,23)(H,20,21,22). The second-order valence-electron chi connectivity index (χ2n) is 5.67. The van der Waals surface area contributed by atoms with Crippen LogP contribution >= 0.6 is 23.1 Å². The number of benzene rings is 1. The van der Waals surface area contributed by atoms with Crippen LogP contribution in [-0.4, -0.2) is 28.7 Å². The molecule has 25 heavy (non-hydrogen) atoms. The number of fused-ring (bicyclic) bond motifs is 1. The molecule has 2 aromatic heterocycles. The smallest absolute Gasteiger partial charge is 0.261 e. The normalized spacial score (nSPS) is 11.0. The van der Waals surface area contributed by atoms with E-state index in [9.17, 15) is 9.59 Å². The highest BCUT2D eigenvalue weighted by molar-refractivity contribution is 7.97. The maximum absolute atomic E-state index is 12.5. The number of amides is 1. The van der Waals surface area contributed by atoms with Gasteiger partial charge in [0.2, 0.25) is 0 Å². The van der Waals surface area contributed by atoms with E-state index in [1.165, 1.54) is 16.9 Å². The van der Waals surface area contributed by atoms with E-state index in [2.05, 4.69) is 15.3 Å². The number of nitrogens with zero attached hydrogens (tertiary/aromatic N) is 1. The molecule has 3 aromatic rings. The van der Waals surface area contributed by atoms with Gasteiger partial charge in [-0.2, -0.15) is 11.8 Å². The number of thioether (sulfide) groups is 1. The number of thiophene rings is 1. The molecule has 0 saturated heterocycles. The van der Waals surface area contributed by atoms with E-state index in [0.29, 0.717) is 38.8 Å². The van der Waals surface area contributed by atoms with Crippen molar-refractivity contribution < 1.29 is 4.79 Å². The topological polar surface area (TPSA) is 74.8 Å². The minimum absolute atomic E-state index is 0.151. The summed E-state index contributed by atoms with van der Waals surface area (Å²) < 4.78 is 0. The number of aromatic nitrogens is 2. The number of aromatic amines is 1. The van der Waals surface area contributed by atoms with Gasteiger partial charge in [-0.3, -0.25) is 9.59 Å². The number of rotatable bonds is 6. The van der Waals surface area contributed by atoms with E-state index >= 15 is 0 Å². The zero-order valence-corrected chi connectivity index (χ0v) is 15.7. The summed E-state index contributed by atoms with van der Waals surface area (Å²) >= 11 is 2.87. The highest BCUT2D eigenvalue weighted by atomic mass is 32.2. The zero-order valence-electron chi connectivity index (χ0n) is 14.1. The van der Waals surface area contributed by atoms with Gasteiger partial charge in [-0.05, 0) is 30.7 Å². The molecule has 0 unspecified atom stereocenters. The van der Waals surface area contributed by atoms with Crippen LogP contribution in [0, 0.1) is 6.92 Å². The number of H-pyrrole nitrogens is 1. The molecule has 1 aromatic carbocycles. The molecule has 0 aliphatic rings. The first kappa shape index (κ1) is 17.7. The summed E-state index contributed by atoms with van der Waals surface area (Å²) in [5.74, 6) is 1.13. The lowest BCUT2D eigenvalue weighted by Gasteiger charge is -2.04. The Bertz CT molecular complexity index is 948. The Kier molecular flexibility index (Phi) is 5.55. The second kappa shape index (κ2) is 7.84. The summed E-state index contributed by atoms with van der Waals surface area (Å²) in [5.41, 5.74) is 1.70. The quantitative estimate of drug-likeness (QED) is 0.696. The average Bonchev–Trinajstić information content (AvgIpc) is 2.93. The predicted molar refractivity (Wildman–Crippen MR) is 105 cm³/mol. The molecule has 0 radical (unpaired) electrons. The lowest BCUT2D eigenvalue weighted by atomic mass is 10.1. The highest BCUT2D eigenvalue weighted by Gasteiger charge is 2.19. The molecule has 0 spiro atoms. The molecule has 5 nitrogen and oxygen atoms in total. The van der Waals surface area contributed by atoms with Gasteiger partial charge < -0.3 is 10.3 Å². The molecule has 2 N–H and O–H groups in total. The molecule has 0 bridgehead atoms. The van der Waals surface area contributed by atoms with Crippen molar-refractivity contribution in [1.29, 1.82) is 0 Å². The fourth-order valence-electron chi connectivity index (χ4n) is 2.66. The van der Waals surface area contributed by atoms with E-state index < -0.39 is 0 Å². The fraction of sp³-hybridized carbons (Fsp3) is 0.278. The van der Waals surface area contributed by atoms with Crippen LogP contribution in [-0.2, 0) is 12.2 Å². The Morgan fingerprint density at radius 3 is 2.80 bits per heavy atom. The first-order valence-corrected chi connectivity index (χ1v) is 10.1. The van der Waals surface area contributed by atoms with Crippen LogP contribution in [0.2, 0.25) is 0 Å². The lowest BCUT2D eigenvalue weighted by molar-refractivity contribution is 0.0957. The van der Waals surface area contributed by atoms with Gasteiger partial charge in [0, 0.05) is 6.54 Å². The molecule has 0 atom stereocenters. The first-order valence-electron chi connectivity index (χ1n) is 7.93. The van der Waals surface area contributed by atoms with Crippen LogP contribution < -0.4 is 10.9 Å². The third-order valence-electron chi connectivity index (χ3n) is 3.88. The maximum Gasteiger partial charge on any atom is 0.261 e.